The molecule has 0 atom stereocenters. The summed E-state index contributed by atoms with van der Waals surface area (Å²) in [7, 11) is 1.91. The zero-order chi connectivity index (χ0) is 7.82. The highest BCUT2D eigenvalue weighted by atomic mass is 14.8. The van der Waals surface area contributed by atoms with E-state index in [2.05, 4.69) is 5.32 Å². The molecule has 11 heavy (non-hydrogen) atoms. The second-order valence-corrected chi connectivity index (χ2v) is 1.62. The Kier molecular flexibility index (Phi) is 10.4. The first-order valence-electron chi connectivity index (χ1n) is 3.66. The van der Waals surface area contributed by atoms with Gasteiger partial charge in [-0.15, -0.1) is 0 Å². The topological polar surface area (TPSA) is 12.0 Å². The van der Waals surface area contributed by atoms with Gasteiger partial charge >= 0.3 is 0 Å². The normalized spacial score (nSPS) is 6.82. The van der Waals surface area contributed by atoms with Crippen LogP contribution in [0, 0.1) is 0 Å². The van der Waals surface area contributed by atoms with Gasteiger partial charge in [0.05, 0.1) is 0 Å². The second kappa shape index (κ2) is 9.02. The summed E-state index contributed by atoms with van der Waals surface area (Å²) in [5, 5.41) is 3.03. The molecule has 0 unspecified atom stereocenters. The summed E-state index contributed by atoms with van der Waals surface area (Å²) in [6.07, 6.45) is 0. The van der Waals surface area contributed by atoms with Crippen LogP contribution in [0.15, 0.2) is 30.3 Å². The van der Waals surface area contributed by atoms with Crippen molar-refractivity contribution in [1.29, 1.82) is 0 Å². The van der Waals surface area contributed by atoms with Crippen LogP contribution in [-0.2, 0) is 0 Å². The Morgan fingerprint density at radius 2 is 1.45 bits per heavy atom. The van der Waals surface area contributed by atoms with E-state index in [4.69, 9.17) is 0 Å². The van der Waals surface area contributed by atoms with Crippen molar-refractivity contribution in [2.75, 3.05) is 12.4 Å². The van der Waals surface area contributed by atoms with Crippen LogP contribution in [0.4, 0.5) is 5.69 Å². The minimum absolute atomic E-state index is 0. The molecule has 0 fully saturated rings. The fourth-order valence-corrected chi connectivity index (χ4v) is 0.605. The largest absolute Gasteiger partial charge is 0.388 e. The minimum atomic E-state index is 0. The summed E-state index contributed by atoms with van der Waals surface area (Å²) in [4.78, 5) is 0. The molecule has 1 nitrogen and oxygen atoms in total. The van der Waals surface area contributed by atoms with Gasteiger partial charge in [0.2, 0.25) is 0 Å². The molecule has 64 valence electrons. The van der Waals surface area contributed by atoms with Crippen LogP contribution in [0.25, 0.3) is 0 Å². The molecule has 0 amide bonds. The lowest BCUT2D eigenvalue weighted by molar-refractivity contribution is 1.50. The van der Waals surface area contributed by atoms with Gasteiger partial charge in [0.25, 0.3) is 0 Å². The van der Waals surface area contributed by atoms with E-state index in [-0.39, 0.29) is 7.43 Å². The van der Waals surface area contributed by atoms with E-state index in [1.807, 2.05) is 51.2 Å². The van der Waals surface area contributed by atoms with E-state index in [1.54, 1.807) is 0 Å². The smallest absolute Gasteiger partial charge is 0.0337 e. The number of hydrogen-bond donors (Lipinski definition) is 1. The molecular formula is C10H19N. The average molecular weight is 153 g/mol. The molecule has 0 spiro atoms. The van der Waals surface area contributed by atoms with E-state index in [0.717, 1.165) is 5.69 Å². The summed E-state index contributed by atoms with van der Waals surface area (Å²) < 4.78 is 0. The zero-order valence-electron chi connectivity index (χ0n) is 6.89. The van der Waals surface area contributed by atoms with Crippen molar-refractivity contribution in [2.45, 2.75) is 21.3 Å². The summed E-state index contributed by atoms with van der Waals surface area (Å²) in [6.45, 7) is 4.00. The maximum absolute atomic E-state index is 3.03. The predicted octanol–water partition coefficient (Wildman–Crippen LogP) is 3.39. The van der Waals surface area contributed by atoms with E-state index in [0.29, 0.717) is 0 Å². The number of anilines is 1. The Hall–Kier alpha value is -0.980. The maximum Gasteiger partial charge on any atom is 0.0337 e. The lowest BCUT2D eigenvalue weighted by Crippen LogP contribution is -1.84. The lowest BCUT2D eigenvalue weighted by Gasteiger charge is -1.94. The molecule has 0 heterocycles. The SMILES string of the molecule is C.CC.CNc1ccccc1. The summed E-state index contributed by atoms with van der Waals surface area (Å²) in [5.41, 5.74) is 1.16. The zero-order valence-corrected chi connectivity index (χ0v) is 6.89. The standard InChI is InChI=1S/C7H9N.C2H6.CH4/c1-8-7-5-3-2-4-6-7;1-2;/h2-6,8H,1H3;1-2H3;1H4. The van der Waals surface area contributed by atoms with Gasteiger partial charge in [0.1, 0.15) is 0 Å². The Morgan fingerprint density at radius 1 is 1.00 bits per heavy atom. The average Bonchev–Trinajstić information content (AvgIpc) is 2.10. The molecule has 0 aromatic heterocycles. The van der Waals surface area contributed by atoms with E-state index in [1.165, 1.54) is 0 Å². The van der Waals surface area contributed by atoms with Gasteiger partial charge in [-0.2, -0.15) is 0 Å². The molecule has 1 aromatic carbocycles. The Bertz CT molecular complexity index is 146. The molecule has 0 radical (unpaired) electrons. The van der Waals surface area contributed by atoms with Gasteiger partial charge < -0.3 is 5.32 Å². The van der Waals surface area contributed by atoms with Crippen molar-refractivity contribution in [1.82, 2.24) is 0 Å². The first-order valence-corrected chi connectivity index (χ1v) is 3.66. The number of rotatable bonds is 1. The number of nitrogens with one attached hydrogen (secondary N) is 1. The van der Waals surface area contributed by atoms with Gasteiger partial charge in [-0.05, 0) is 12.1 Å². The quantitative estimate of drug-likeness (QED) is 0.652. The van der Waals surface area contributed by atoms with Crippen molar-refractivity contribution in [3.63, 3.8) is 0 Å². The Labute approximate surface area is 70.5 Å². The monoisotopic (exact) mass is 153 g/mol. The van der Waals surface area contributed by atoms with Crippen molar-refractivity contribution in [3.05, 3.63) is 30.3 Å². The molecule has 1 rings (SSSR count). The molecule has 0 aliphatic heterocycles. The lowest BCUT2D eigenvalue weighted by atomic mass is 10.3. The third-order valence-corrected chi connectivity index (χ3v) is 1.06. The molecule has 1 aromatic rings. The van der Waals surface area contributed by atoms with Crippen LogP contribution in [0.3, 0.4) is 0 Å². The van der Waals surface area contributed by atoms with Gasteiger partial charge in [-0.3, -0.25) is 0 Å². The number of benzene rings is 1. The third-order valence-electron chi connectivity index (χ3n) is 1.06. The first kappa shape index (κ1) is 12.7. The molecule has 0 aliphatic carbocycles. The Morgan fingerprint density at radius 3 is 1.73 bits per heavy atom. The fraction of sp³-hybridized carbons (Fsp3) is 0.400. The predicted molar refractivity (Wildman–Crippen MR) is 54.1 cm³/mol. The van der Waals surface area contributed by atoms with E-state index in [9.17, 15) is 0 Å². The highest BCUT2D eigenvalue weighted by Crippen LogP contribution is 2.01. The van der Waals surface area contributed by atoms with E-state index < -0.39 is 0 Å². The second-order valence-electron chi connectivity index (χ2n) is 1.62. The van der Waals surface area contributed by atoms with Gasteiger partial charge in [-0.1, -0.05) is 39.5 Å². The fourth-order valence-electron chi connectivity index (χ4n) is 0.605. The number of para-hydroxylation sites is 1. The van der Waals surface area contributed by atoms with Crippen LogP contribution in [-0.4, -0.2) is 7.05 Å². The maximum atomic E-state index is 3.03. The van der Waals surface area contributed by atoms with Crippen LogP contribution in [0.2, 0.25) is 0 Å². The van der Waals surface area contributed by atoms with Crippen molar-refractivity contribution >= 4 is 5.69 Å². The van der Waals surface area contributed by atoms with Crippen LogP contribution >= 0.6 is 0 Å². The first-order chi connectivity index (χ1) is 4.93. The minimum Gasteiger partial charge on any atom is -0.388 e. The summed E-state index contributed by atoms with van der Waals surface area (Å²) in [6, 6.07) is 10.1. The molecule has 0 saturated heterocycles. The molecule has 1 N–H and O–H groups in total. The van der Waals surface area contributed by atoms with Crippen molar-refractivity contribution < 1.29 is 0 Å². The van der Waals surface area contributed by atoms with Gasteiger partial charge in [0, 0.05) is 12.7 Å². The summed E-state index contributed by atoms with van der Waals surface area (Å²) in [5.74, 6) is 0. The number of hydrogen-bond acceptors (Lipinski definition) is 1. The van der Waals surface area contributed by atoms with Crippen LogP contribution < -0.4 is 5.32 Å². The highest BCUT2D eigenvalue weighted by molar-refractivity contribution is 5.41. The van der Waals surface area contributed by atoms with E-state index >= 15 is 0 Å². The molecule has 0 bridgehead atoms. The summed E-state index contributed by atoms with van der Waals surface area (Å²) >= 11 is 0. The van der Waals surface area contributed by atoms with Gasteiger partial charge in [0.15, 0.2) is 0 Å². The van der Waals surface area contributed by atoms with Crippen molar-refractivity contribution in [2.24, 2.45) is 0 Å². The van der Waals surface area contributed by atoms with Crippen molar-refractivity contribution in [3.8, 4) is 0 Å². The molecule has 0 saturated carbocycles. The Balaban J connectivity index is 0. The van der Waals surface area contributed by atoms with Gasteiger partial charge in [-0.25, -0.2) is 0 Å². The van der Waals surface area contributed by atoms with Crippen LogP contribution in [0.1, 0.15) is 21.3 Å². The molecule has 0 aliphatic rings. The molecule has 1 heteroatoms. The van der Waals surface area contributed by atoms with Crippen LogP contribution in [0.5, 0.6) is 0 Å². The highest BCUT2D eigenvalue weighted by Gasteiger charge is 1.77. The third kappa shape index (κ3) is 5.46. The molecular weight excluding hydrogens is 134 g/mol.